The number of hydrogen-bond acceptors (Lipinski definition) is 3. The van der Waals surface area contributed by atoms with Crippen molar-refractivity contribution < 1.29 is 4.79 Å². The summed E-state index contributed by atoms with van der Waals surface area (Å²) in [6.07, 6.45) is 3.32. The number of nitrogens with zero attached hydrogens (tertiary/aromatic N) is 3. The highest BCUT2D eigenvalue weighted by Gasteiger charge is 2.24. The summed E-state index contributed by atoms with van der Waals surface area (Å²) in [6.45, 7) is 3.58. The molecule has 94 valence electrons. The van der Waals surface area contributed by atoms with Crippen molar-refractivity contribution in [3.05, 3.63) is 36.7 Å². The number of benzene rings is 1. The summed E-state index contributed by atoms with van der Waals surface area (Å²) < 4.78 is 0.985. The molecule has 0 aliphatic heterocycles. The van der Waals surface area contributed by atoms with E-state index >= 15 is 0 Å². The Morgan fingerprint density at radius 3 is 2.72 bits per heavy atom. The predicted octanol–water partition coefficient (Wildman–Crippen LogP) is 2.38. The topological polar surface area (TPSA) is 59.8 Å². The molecule has 1 N–H and O–H groups in total. The molecule has 0 bridgehead atoms. The molecule has 0 fully saturated rings. The van der Waals surface area contributed by atoms with Crippen molar-refractivity contribution in [2.24, 2.45) is 0 Å². The van der Waals surface area contributed by atoms with E-state index in [-0.39, 0.29) is 5.91 Å². The van der Waals surface area contributed by atoms with Crippen LogP contribution in [0.15, 0.2) is 36.7 Å². The highest BCUT2D eigenvalue weighted by molar-refractivity contribution is 9.10. The molecule has 0 radical (unpaired) electrons. The highest BCUT2D eigenvalue weighted by atomic mass is 79.9. The van der Waals surface area contributed by atoms with Crippen LogP contribution in [0.2, 0.25) is 0 Å². The average molecular weight is 309 g/mol. The van der Waals surface area contributed by atoms with Crippen molar-refractivity contribution in [3.63, 3.8) is 0 Å². The van der Waals surface area contributed by atoms with Crippen LogP contribution in [-0.4, -0.2) is 25.2 Å². The molecule has 0 aliphatic carbocycles. The molecule has 6 heteroatoms. The molecular formula is C12H13BrN4O. The highest BCUT2D eigenvalue weighted by Crippen LogP contribution is 2.23. The Balaban J connectivity index is 2.32. The van der Waals surface area contributed by atoms with Crippen LogP contribution in [0.25, 0.3) is 5.69 Å². The van der Waals surface area contributed by atoms with E-state index in [1.165, 1.54) is 0 Å². The van der Waals surface area contributed by atoms with Gasteiger partial charge in [-0.2, -0.15) is 0 Å². The minimum Gasteiger partial charge on any atom is -0.323 e. The number of carbonyl (C=O) groups is 1. The number of rotatable bonds is 3. The van der Waals surface area contributed by atoms with Gasteiger partial charge in [0.05, 0.1) is 28.1 Å². The van der Waals surface area contributed by atoms with Crippen LogP contribution in [0.5, 0.6) is 0 Å². The zero-order valence-corrected chi connectivity index (χ0v) is 11.7. The maximum Gasteiger partial charge on any atom is 0.240 e. The van der Waals surface area contributed by atoms with Crippen LogP contribution in [0.1, 0.15) is 13.8 Å². The SMILES string of the molecule is CC(C)(Br)C(=O)Nc1ccccc1-n1ccnn1. The monoisotopic (exact) mass is 308 g/mol. The second-order valence-electron chi connectivity index (χ2n) is 4.29. The van der Waals surface area contributed by atoms with Crippen molar-refractivity contribution in [2.75, 3.05) is 5.32 Å². The summed E-state index contributed by atoms with van der Waals surface area (Å²) in [4.78, 5) is 12.0. The van der Waals surface area contributed by atoms with E-state index in [0.717, 1.165) is 5.69 Å². The fourth-order valence-corrected chi connectivity index (χ4v) is 1.49. The van der Waals surface area contributed by atoms with E-state index in [2.05, 4.69) is 31.6 Å². The van der Waals surface area contributed by atoms with Crippen molar-refractivity contribution in [2.45, 2.75) is 18.2 Å². The number of nitrogens with one attached hydrogen (secondary N) is 1. The van der Waals surface area contributed by atoms with E-state index < -0.39 is 4.32 Å². The Bertz CT molecular complexity index is 545. The van der Waals surface area contributed by atoms with Crippen LogP contribution in [0.4, 0.5) is 5.69 Å². The summed E-state index contributed by atoms with van der Waals surface area (Å²) in [5, 5.41) is 10.5. The lowest BCUT2D eigenvalue weighted by molar-refractivity contribution is -0.117. The van der Waals surface area contributed by atoms with E-state index in [9.17, 15) is 4.79 Å². The van der Waals surface area contributed by atoms with Crippen molar-refractivity contribution in [1.82, 2.24) is 15.0 Å². The molecule has 1 aromatic heterocycles. The summed E-state index contributed by atoms with van der Waals surface area (Å²) in [5.74, 6) is -0.116. The molecule has 1 heterocycles. The minimum absolute atomic E-state index is 0.116. The molecule has 0 atom stereocenters. The summed E-state index contributed by atoms with van der Waals surface area (Å²) in [6, 6.07) is 7.43. The van der Waals surface area contributed by atoms with Gasteiger partial charge in [-0.05, 0) is 26.0 Å². The van der Waals surface area contributed by atoms with Gasteiger partial charge in [0.25, 0.3) is 0 Å². The third kappa shape index (κ3) is 2.76. The Morgan fingerprint density at radius 2 is 2.11 bits per heavy atom. The van der Waals surface area contributed by atoms with Gasteiger partial charge in [0, 0.05) is 0 Å². The average Bonchev–Trinajstić information content (AvgIpc) is 2.82. The van der Waals surface area contributed by atoms with Crippen LogP contribution in [-0.2, 0) is 4.79 Å². The normalized spacial score (nSPS) is 11.3. The molecule has 5 nitrogen and oxygen atoms in total. The lowest BCUT2D eigenvalue weighted by atomic mass is 10.2. The summed E-state index contributed by atoms with van der Waals surface area (Å²) in [7, 11) is 0. The number of hydrogen-bond donors (Lipinski definition) is 1. The first kappa shape index (κ1) is 12.8. The molecule has 0 unspecified atom stereocenters. The number of alkyl halides is 1. The second kappa shape index (κ2) is 4.89. The molecule has 2 rings (SSSR count). The van der Waals surface area contributed by atoms with E-state index in [0.29, 0.717) is 5.69 Å². The van der Waals surface area contributed by atoms with Gasteiger partial charge in [-0.15, -0.1) is 5.10 Å². The second-order valence-corrected chi connectivity index (χ2v) is 6.27. The van der Waals surface area contributed by atoms with E-state index in [4.69, 9.17) is 0 Å². The number of para-hydroxylation sites is 2. The maximum atomic E-state index is 12.0. The van der Waals surface area contributed by atoms with Crippen molar-refractivity contribution >= 4 is 27.5 Å². The van der Waals surface area contributed by atoms with E-state index in [1.54, 1.807) is 30.9 Å². The molecule has 18 heavy (non-hydrogen) atoms. The van der Waals surface area contributed by atoms with Gasteiger partial charge in [-0.25, -0.2) is 4.68 Å². The predicted molar refractivity (Wildman–Crippen MR) is 73.0 cm³/mol. The van der Waals surface area contributed by atoms with Crippen molar-refractivity contribution in [3.8, 4) is 5.69 Å². The smallest absolute Gasteiger partial charge is 0.240 e. The van der Waals surface area contributed by atoms with Crippen LogP contribution < -0.4 is 5.32 Å². The van der Waals surface area contributed by atoms with Crippen molar-refractivity contribution in [1.29, 1.82) is 0 Å². The first-order chi connectivity index (χ1) is 8.48. The van der Waals surface area contributed by atoms with Crippen LogP contribution >= 0.6 is 15.9 Å². The largest absolute Gasteiger partial charge is 0.323 e. The zero-order valence-electron chi connectivity index (χ0n) is 10.1. The van der Waals surface area contributed by atoms with Gasteiger partial charge in [0.1, 0.15) is 0 Å². The number of amides is 1. The van der Waals surface area contributed by atoms with Gasteiger partial charge in [0.15, 0.2) is 0 Å². The van der Waals surface area contributed by atoms with Gasteiger partial charge >= 0.3 is 0 Å². The molecule has 0 saturated carbocycles. The number of carbonyl (C=O) groups excluding carboxylic acids is 1. The van der Waals surface area contributed by atoms with Crippen LogP contribution in [0, 0.1) is 0 Å². The van der Waals surface area contributed by atoms with Gasteiger partial charge in [0.2, 0.25) is 5.91 Å². The zero-order chi connectivity index (χ0) is 13.2. The standard InChI is InChI=1S/C12H13BrN4O/c1-12(2,13)11(18)15-9-5-3-4-6-10(9)17-8-7-14-16-17/h3-8H,1-2H3,(H,15,18). The third-order valence-corrected chi connectivity index (χ3v) is 2.72. The number of halogens is 1. The lowest BCUT2D eigenvalue weighted by Crippen LogP contribution is -2.31. The lowest BCUT2D eigenvalue weighted by Gasteiger charge is -2.17. The third-order valence-electron chi connectivity index (χ3n) is 2.36. The summed E-state index contributed by atoms with van der Waals surface area (Å²) >= 11 is 3.33. The Labute approximate surface area is 113 Å². The Morgan fingerprint density at radius 1 is 1.39 bits per heavy atom. The molecule has 2 aromatic rings. The Hall–Kier alpha value is -1.69. The molecule has 0 saturated heterocycles. The van der Waals surface area contributed by atoms with Gasteiger partial charge < -0.3 is 5.32 Å². The Kier molecular flexibility index (Phi) is 3.47. The molecular weight excluding hydrogens is 296 g/mol. The molecule has 0 aliphatic rings. The minimum atomic E-state index is -0.623. The fraction of sp³-hybridized carbons (Fsp3) is 0.250. The first-order valence-electron chi connectivity index (χ1n) is 5.44. The van der Waals surface area contributed by atoms with Gasteiger partial charge in [-0.1, -0.05) is 33.3 Å². The van der Waals surface area contributed by atoms with Crippen LogP contribution in [0.3, 0.4) is 0 Å². The number of anilines is 1. The molecule has 1 aromatic carbocycles. The summed E-state index contributed by atoms with van der Waals surface area (Å²) in [5.41, 5.74) is 1.47. The quantitative estimate of drug-likeness (QED) is 0.886. The molecule has 1 amide bonds. The number of aromatic nitrogens is 3. The fourth-order valence-electron chi connectivity index (χ4n) is 1.39. The maximum absolute atomic E-state index is 12.0. The van der Waals surface area contributed by atoms with Gasteiger partial charge in [-0.3, -0.25) is 4.79 Å². The first-order valence-corrected chi connectivity index (χ1v) is 6.24. The van der Waals surface area contributed by atoms with E-state index in [1.807, 2.05) is 24.3 Å². The molecule has 0 spiro atoms.